The Morgan fingerprint density at radius 3 is 1.96 bits per heavy atom. The number of nitrogens with one attached hydrogen (secondary N) is 2. The number of hydrogen-bond donors (Lipinski definition) is 2. The smallest absolute Gasteiger partial charge is 0.339 e. The minimum absolute atomic E-state index is 0.169. The van der Waals surface area contributed by atoms with Crippen molar-refractivity contribution < 1.29 is 22.4 Å². The predicted molar refractivity (Wildman–Crippen MR) is 91.1 cm³/mol. The van der Waals surface area contributed by atoms with E-state index in [9.17, 15) is 22.4 Å². The minimum Gasteiger partial charge on any atom is -0.339 e. The van der Waals surface area contributed by atoms with E-state index in [-0.39, 0.29) is 17.2 Å². The Balaban J connectivity index is 1.63. The van der Waals surface area contributed by atoms with E-state index in [1.165, 1.54) is 36.4 Å². The lowest BCUT2D eigenvalue weighted by atomic mass is 10.2. The third-order valence-corrected chi connectivity index (χ3v) is 3.50. The summed E-state index contributed by atoms with van der Waals surface area (Å²) in [4.78, 5) is 12.0. The summed E-state index contributed by atoms with van der Waals surface area (Å²) in [5.41, 5.74) is -0.0939. The topological polar surface area (TPSA) is 66.9 Å². The van der Waals surface area contributed by atoms with Crippen LogP contribution in [0, 0.1) is 5.82 Å². The molecule has 2 N–H and O–H groups in total. The number of halogens is 4. The van der Waals surface area contributed by atoms with Gasteiger partial charge in [0.2, 0.25) is 0 Å². The van der Waals surface area contributed by atoms with Gasteiger partial charge in [0.25, 0.3) is 5.91 Å². The molecule has 0 aliphatic rings. The van der Waals surface area contributed by atoms with Gasteiger partial charge in [0, 0.05) is 11.3 Å². The summed E-state index contributed by atoms with van der Waals surface area (Å²) < 4.78 is 50.5. The summed E-state index contributed by atoms with van der Waals surface area (Å²) in [6.45, 7) is 0. The second-order valence-electron chi connectivity index (χ2n) is 5.46. The van der Waals surface area contributed by atoms with Crippen LogP contribution >= 0.6 is 0 Å². The quantitative estimate of drug-likeness (QED) is 0.652. The maximum absolute atomic E-state index is 12.9. The van der Waals surface area contributed by atoms with Crippen LogP contribution in [0.25, 0.3) is 0 Å². The number of hydrogen-bond acceptors (Lipinski definition) is 4. The van der Waals surface area contributed by atoms with Crippen LogP contribution in [0.15, 0.2) is 60.7 Å². The maximum atomic E-state index is 12.9. The molecule has 1 amide bonds. The van der Waals surface area contributed by atoms with Gasteiger partial charge in [0.05, 0.1) is 5.56 Å². The number of alkyl halides is 3. The normalized spacial score (nSPS) is 11.1. The van der Waals surface area contributed by atoms with Crippen LogP contribution in [0.1, 0.15) is 15.9 Å². The molecule has 0 unspecified atom stereocenters. The highest BCUT2D eigenvalue weighted by Gasteiger charge is 2.29. The molecule has 1 aromatic heterocycles. The average Bonchev–Trinajstić information content (AvgIpc) is 2.63. The molecular weight excluding hydrogens is 364 g/mol. The van der Waals surface area contributed by atoms with E-state index < -0.39 is 23.5 Å². The SMILES string of the molecule is O=C(Nc1ccc(Nc2ccc(C(F)(F)F)cc2)nn1)c1ccc(F)cc1. The fraction of sp³-hybridized carbons (Fsp3) is 0.0556. The van der Waals surface area contributed by atoms with Crippen LogP contribution in [-0.4, -0.2) is 16.1 Å². The van der Waals surface area contributed by atoms with Gasteiger partial charge >= 0.3 is 6.18 Å². The van der Waals surface area contributed by atoms with Gasteiger partial charge in [0.1, 0.15) is 5.82 Å². The number of carbonyl (C=O) groups excluding carboxylic acids is 1. The highest BCUT2D eigenvalue weighted by molar-refractivity contribution is 6.03. The first-order valence-electron chi connectivity index (χ1n) is 7.66. The molecule has 27 heavy (non-hydrogen) atoms. The van der Waals surface area contributed by atoms with E-state index in [1.807, 2.05) is 0 Å². The lowest BCUT2D eigenvalue weighted by Crippen LogP contribution is -2.13. The monoisotopic (exact) mass is 376 g/mol. The summed E-state index contributed by atoms with van der Waals surface area (Å²) >= 11 is 0. The molecule has 3 aromatic rings. The number of rotatable bonds is 4. The highest BCUT2D eigenvalue weighted by atomic mass is 19.4. The lowest BCUT2D eigenvalue weighted by molar-refractivity contribution is -0.137. The lowest BCUT2D eigenvalue weighted by Gasteiger charge is -2.09. The van der Waals surface area contributed by atoms with Crippen molar-refractivity contribution in [2.24, 2.45) is 0 Å². The summed E-state index contributed by atoms with van der Waals surface area (Å²) in [7, 11) is 0. The molecule has 0 aliphatic carbocycles. The Kier molecular flexibility index (Phi) is 5.02. The van der Waals surface area contributed by atoms with Gasteiger partial charge in [-0.3, -0.25) is 4.79 Å². The van der Waals surface area contributed by atoms with Crippen molar-refractivity contribution >= 4 is 23.2 Å². The van der Waals surface area contributed by atoms with Crippen LogP contribution in [0.5, 0.6) is 0 Å². The third-order valence-electron chi connectivity index (χ3n) is 3.50. The summed E-state index contributed by atoms with van der Waals surface area (Å²) in [6, 6.07) is 12.4. The van der Waals surface area contributed by atoms with E-state index in [4.69, 9.17) is 0 Å². The fourth-order valence-electron chi connectivity index (χ4n) is 2.15. The number of amides is 1. The van der Waals surface area contributed by atoms with Gasteiger partial charge in [-0.25, -0.2) is 4.39 Å². The molecule has 0 atom stereocenters. The molecule has 5 nitrogen and oxygen atoms in total. The van der Waals surface area contributed by atoms with Gasteiger partial charge in [-0.15, -0.1) is 10.2 Å². The first-order valence-corrected chi connectivity index (χ1v) is 7.66. The van der Waals surface area contributed by atoms with E-state index in [0.29, 0.717) is 5.69 Å². The number of anilines is 3. The second-order valence-corrected chi connectivity index (χ2v) is 5.46. The highest BCUT2D eigenvalue weighted by Crippen LogP contribution is 2.30. The van der Waals surface area contributed by atoms with Crippen LogP contribution in [0.2, 0.25) is 0 Å². The fourth-order valence-corrected chi connectivity index (χ4v) is 2.15. The maximum Gasteiger partial charge on any atom is 0.416 e. The second kappa shape index (κ2) is 7.40. The molecular formula is C18H12F4N4O. The zero-order valence-electron chi connectivity index (χ0n) is 13.6. The standard InChI is InChI=1S/C18H12F4N4O/c19-13-5-1-11(2-6-13)17(27)24-16-10-9-15(25-26-16)23-14-7-3-12(4-8-14)18(20,21)22/h1-10H,(H,23,25)(H,24,26,27). The Labute approximate surface area is 151 Å². The summed E-state index contributed by atoms with van der Waals surface area (Å²) in [5, 5.41) is 13.0. The summed E-state index contributed by atoms with van der Waals surface area (Å²) in [5.74, 6) is -0.477. The molecule has 1 heterocycles. The summed E-state index contributed by atoms with van der Waals surface area (Å²) in [6.07, 6.45) is -4.40. The molecule has 9 heteroatoms. The largest absolute Gasteiger partial charge is 0.416 e. The number of nitrogens with zero attached hydrogens (tertiary/aromatic N) is 2. The predicted octanol–water partition coefficient (Wildman–Crippen LogP) is 4.63. The van der Waals surface area contributed by atoms with Crippen molar-refractivity contribution in [3.63, 3.8) is 0 Å². The van der Waals surface area contributed by atoms with Gasteiger partial charge < -0.3 is 10.6 Å². The Hall–Kier alpha value is -3.49. The first kappa shape index (κ1) is 18.3. The third kappa shape index (κ3) is 4.78. The van der Waals surface area contributed by atoms with Gasteiger partial charge in [-0.05, 0) is 60.7 Å². The molecule has 2 aromatic carbocycles. The van der Waals surface area contributed by atoms with Crippen LogP contribution < -0.4 is 10.6 Å². The molecule has 138 valence electrons. The van der Waals surface area contributed by atoms with E-state index >= 15 is 0 Å². The van der Waals surface area contributed by atoms with Crippen molar-refractivity contribution in [1.29, 1.82) is 0 Å². The van der Waals surface area contributed by atoms with Crippen LogP contribution in [0.3, 0.4) is 0 Å². The molecule has 0 radical (unpaired) electrons. The van der Waals surface area contributed by atoms with E-state index in [0.717, 1.165) is 24.3 Å². The Morgan fingerprint density at radius 1 is 0.815 bits per heavy atom. The van der Waals surface area contributed by atoms with Crippen molar-refractivity contribution in [2.45, 2.75) is 6.18 Å². The first-order chi connectivity index (χ1) is 12.8. The average molecular weight is 376 g/mol. The Morgan fingerprint density at radius 2 is 1.41 bits per heavy atom. The molecule has 0 spiro atoms. The number of benzene rings is 2. The molecule has 3 rings (SSSR count). The zero-order valence-corrected chi connectivity index (χ0v) is 13.6. The molecule has 0 fully saturated rings. The zero-order chi connectivity index (χ0) is 19.4. The number of aromatic nitrogens is 2. The van der Waals surface area contributed by atoms with Crippen molar-refractivity contribution in [3.8, 4) is 0 Å². The van der Waals surface area contributed by atoms with E-state index in [1.54, 1.807) is 0 Å². The molecule has 0 saturated heterocycles. The van der Waals surface area contributed by atoms with Gasteiger partial charge in [-0.1, -0.05) is 0 Å². The van der Waals surface area contributed by atoms with Crippen LogP contribution in [0.4, 0.5) is 34.9 Å². The minimum atomic E-state index is -4.40. The molecule has 0 saturated carbocycles. The van der Waals surface area contributed by atoms with Gasteiger partial charge in [0.15, 0.2) is 11.6 Å². The van der Waals surface area contributed by atoms with Crippen LogP contribution in [-0.2, 0) is 6.18 Å². The van der Waals surface area contributed by atoms with Crippen molar-refractivity contribution in [3.05, 3.63) is 77.6 Å². The molecule has 0 bridgehead atoms. The Bertz CT molecular complexity index is 924. The van der Waals surface area contributed by atoms with E-state index in [2.05, 4.69) is 20.8 Å². The van der Waals surface area contributed by atoms with Crippen molar-refractivity contribution in [2.75, 3.05) is 10.6 Å². The van der Waals surface area contributed by atoms with Crippen molar-refractivity contribution in [1.82, 2.24) is 10.2 Å². The number of carbonyl (C=O) groups is 1. The van der Waals surface area contributed by atoms with Gasteiger partial charge in [-0.2, -0.15) is 13.2 Å². The molecule has 0 aliphatic heterocycles.